The van der Waals surface area contributed by atoms with Crippen molar-refractivity contribution in [2.24, 2.45) is 5.92 Å². The normalized spacial score (nSPS) is 15.8. The van der Waals surface area contributed by atoms with Crippen molar-refractivity contribution in [3.63, 3.8) is 0 Å². The zero-order valence-electron chi connectivity index (χ0n) is 20.5. The van der Waals surface area contributed by atoms with Gasteiger partial charge in [0.05, 0.1) is 6.04 Å². The van der Waals surface area contributed by atoms with Crippen LogP contribution in [0.5, 0.6) is 0 Å². The van der Waals surface area contributed by atoms with Crippen LogP contribution < -0.4 is 5.32 Å². The molecule has 1 fully saturated rings. The lowest BCUT2D eigenvalue weighted by molar-refractivity contribution is 0.0940. The topological polar surface area (TPSA) is 32.3 Å². The lowest BCUT2D eigenvalue weighted by Gasteiger charge is -2.32. The van der Waals surface area contributed by atoms with Gasteiger partial charge in [0.1, 0.15) is 0 Å². The molecule has 178 valence electrons. The highest BCUT2D eigenvalue weighted by Crippen LogP contribution is 2.24. The molecule has 0 spiro atoms. The molecule has 1 amide bonds. The molecule has 3 aromatic rings. The van der Waals surface area contributed by atoms with Gasteiger partial charge in [0.15, 0.2) is 0 Å². The summed E-state index contributed by atoms with van der Waals surface area (Å²) in [6, 6.07) is 23.0. The van der Waals surface area contributed by atoms with E-state index >= 15 is 0 Å². The molecule has 3 aromatic carbocycles. The van der Waals surface area contributed by atoms with Crippen LogP contribution in [0.15, 0.2) is 71.2 Å². The van der Waals surface area contributed by atoms with Crippen molar-refractivity contribution in [2.45, 2.75) is 52.6 Å². The average Bonchev–Trinajstić information content (AvgIpc) is 2.83. The van der Waals surface area contributed by atoms with Gasteiger partial charge in [0.25, 0.3) is 5.91 Å². The summed E-state index contributed by atoms with van der Waals surface area (Å²) in [5, 5.41) is 3.10. The molecule has 0 aliphatic carbocycles. The van der Waals surface area contributed by atoms with Crippen LogP contribution in [0, 0.1) is 19.8 Å². The molecule has 1 atom stereocenters. The second kappa shape index (κ2) is 11.3. The first-order chi connectivity index (χ1) is 16.4. The van der Waals surface area contributed by atoms with E-state index in [1.165, 1.54) is 35.1 Å². The highest BCUT2D eigenvalue weighted by atomic mass is 79.9. The second-order valence-corrected chi connectivity index (χ2v) is 10.7. The lowest BCUT2D eigenvalue weighted by Crippen LogP contribution is -2.34. The average molecular weight is 520 g/mol. The number of amides is 1. The third kappa shape index (κ3) is 6.58. The fourth-order valence-electron chi connectivity index (χ4n) is 4.85. The summed E-state index contributed by atoms with van der Waals surface area (Å²) in [6.45, 7) is 9.77. The Hall–Kier alpha value is -2.43. The molecule has 0 radical (unpaired) electrons. The molecule has 1 N–H and O–H groups in total. The number of likely N-dealkylation sites (tertiary alicyclic amines) is 1. The van der Waals surface area contributed by atoms with Gasteiger partial charge in [0, 0.05) is 16.6 Å². The van der Waals surface area contributed by atoms with Crippen LogP contribution in [0.3, 0.4) is 0 Å². The number of carbonyl (C=O) groups excluding carboxylic acids is 1. The summed E-state index contributed by atoms with van der Waals surface area (Å²) in [5.41, 5.74) is 7.32. The zero-order valence-corrected chi connectivity index (χ0v) is 22.1. The zero-order chi connectivity index (χ0) is 24.1. The van der Waals surface area contributed by atoms with Crippen LogP contribution in [-0.4, -0.2) is 23.9 Å². The molecule has 1 aliphatic rings. The van der Waals surface area contributed by atoms with Gasteiger partial charge < -0.3 is 5.32 Å². The summed E-state index contributed by atoms with van der Waals surface area (Å²) in [6.07, 6.45) is 3.56. The van der Waals surface area contributed by atoms with Gasteiger partial charge in [-0.15, -0.1) is 0 Å². The fraction of sp³-hybridized carbons (Fsp3) is 0.367. The van der Waals surface area contributed by atoms with Crippen molar-refractivity contribution in [2.75, 3.05) is 13.1 Å². The van der Waals surface area contributed by atoms with E-state index in [4.69, 9.17) is 0 Å². The highest BCUT2D eigenvalue weighted by Gasteiger charge is 2.20. The maximum atomic E-state index is 12.7. The van der Waals surface area contributed by atoms with Crippen LogP contribution in [0.2, 0.25) is 0 Å². The summed E-state index contributed by atoms with van der Waals surface area (Å²) in [4.78, 5) is 15.3. The molecule has 1 aliphatic heterocycles. The number of halogens is 1. The predicted molar refractivity (Wildman–Crippen MR) is 144 cm³/mol. The molecular weight excluding hydrogens is 484 g/mol. The van der Waals surface area contributed by atoms with Crippen molar-refractivity contribution < 1.29 is 4.79 Å². The van der Waals surface area contributed by atoms with Crippen molar-refractivity contribution in [1.29, 1.82) is 0 Å². The summed E-state index contributed by atoms with van der Waals surface area (Å²) >= 11 is 3.46. The predicted octanol–water partition coefficient (Wildman–Crippen LogP) is 7.01. The Balaban J connectivity index is 1.25. The molecule has 0 unspecified atom stereocenters. The van der Waals surface area contributed by atoms with E-state index in [1.807, 2.05) is 43.3 Å². The van der Waals surface area contributed by atoms with E-state index < -0.39 is 0 Å². The summed E-state index contributed by atoms with van der Waals surface area (Å²) < 4.78 is 1.04. The molecule has 0 aromatic heterocycles. The van der Waals surface area contributed by atoms with Crippen LogP contribution in [-0.2, 0) is 13.0 Å². The first kappa shape index (κ1) is 24.7. The molecule has 1 saturated heterocycles. The number of nitrogens with one attached hydrogen (secondary N) is 1. The fourth-order valence-corrected chi connectivity index (χ4v) is 5.12. The number of nitrogens with zero attached hydrogens (tertiary/aromatic N) is 1. The Morgan fingerprint density at radius 1 is 1.00 bits per heavy atom. The highest BCUT2D eigenvalue weighted by molar-refractivity contribution is 9.10. The third-order valence-electron chi connectivity index (χ3n) is 7.06. The number of hydrogen-bond donors (Lipinski definition) is 1. The molecular formula is C30H35BrN2O. The largest absolute Gasteiger partial charge is 0.346 e. The Labute approximate surface area is 212 Å². The van der Waals surface area contributed by atoms with Gasteiger partial charge in [-0.2, -0.15) is 0 Å². The summed E-state index contributed by atoms with van der Waals surface area (Å²) in [5.74, 6) is 0.689. The lowest BCUT2D eigenvalue weighted by atomic mass is 9.89. The maximum Gasteiger partial charge on any atom is 0.251 e. The Bertz CT molecular complexity index is 1100. The van der Waals surface area contributed by atoms with Crippen LogP contribution in [0.4, 0.5) is 0 Å². The van der Waals surface area contributed by atoms with Crippen LogP contribution in [0.1, 0.15) is 64.0 Å². The number of aryl methyl sites for hydroxylation is 2. The first-order valence-electron chi connectivity index (χ1n) is 12.3. The number of benzene rings is 3. The van der Waals surface area contributed by atoms with Gasteiger partial charge in [-0.3, -0.25) is 9.69 Å². The minimum Gasteiger partial charge on any atom is -0.346 e. The molecule has 1 heterocycles. The molecule has 4 rings (SSSR count). The minimum atomic E-state index is -0.0332. The first-order valence-corrected chi connectivity index (χ1v) is 13.1. The maximum absolute atomic E-state index is 12.7. The third-order valence-corrected chi connectivity index (χ3v) is 7.59. The Morgan fingerprint density at radius 2 is 1.68 bits per heavy atom. The van der Waals surface area contributed by atoms with E-state index in [0.29, 0.717) is 5.92 Å². The molecule has 0 bridgehead atoms. The smallest absolute Gasteiger partial charge is 0.251 e. The number of hydrogen-bond acceptors (Lipinski definition) is 2. The van der Waals surface area contributed by atoms with Gasteiger partial charge in [-0.05, 0) is 106 Å². The van der Waals surface area contributed by atoms with Crippen molar-refractivity contribution in [1.82, 2.24) is 10.2 Å². The number of piperidine rings is 1. The van der Waals surface area contributed by atoms with E-state index in [-0.39, 0.29) is 11.9 Å². The van der Waals surface area contributed by atoms with Crippen molar-refractivity contribution in [3.05, 3.63) is 105 Å². The van der Waals surface area contributed by atoms with Crippen LogP contribution >= 0.6 is 15.9 Å². The van der Waals surface area contributed by atoms with Gasteiger partial charge in [-0.1, -0.05) is 64.0 Å². The molecule has 4 heteroatoms. The minimum absolute atomic E-state index is 0.0262. The second-order valence-electron chi connectivity index (χ2n) is 9.80. The Morgan fingerprint density at radius 3 is 2.32 bits per heavy atom. The monoisotopic (exact) mass is 518 g/mol. The quantitative estimate of drug-likeness (QED) is 0.364. The van der Waals surface area contributed by atoms with E-state index in [9.17, 15) is 4.79 Å². The van der Waals surface area contributed by atoms with Gasteiger partial charge in [-0.25, -0.2) is 0 Å². The van der Waals surface area contributed by atoms with Gasteiger partial charge in [0.2, 0.25) is 0 Å². The van der Waals surface area contributed by atoms with Crippen LogP contribution in [0.25, 0.3) is 0 Å². The standard InChI is InChI=1S/C30H35BrN2O/c1-21-4-7-28(22(2)18-21)20-33-16-14-25(15-17-33)19-24-5-8-27(9-6-24)30(34)32-23(3)26-10-12-29(31)13-11-26/h4-13,18,23,25H,14-17,19-20H2,1-3H3,(H,32,34)/t23-/m1/s1. The van der Waals surface area contributed by atoms with Gasteiger partial charge >= 0.3 is 0 Å². The van der Waals surface area contributed by atoms with Crippen molar-refractivity contribution in [3.8, 4) is 0 Å². The van der Waals surface area contributed by atoms with Crippen molar-refractivity contribution >= 4 is 21.8 Å². The van der Waals surface area contributed by atoms with E-state index in [0.717, 1.165) is 41.7 Å². The summed E-state index contributed by atoms with van der Waals surface area (Å²) in [7, 11) is 0. The van der Waals surface area contributed by atoms with E-state index in [2.05, 4.69) is 70.3 Å². The SMILES string of the molecule is Cc1ccc(CN2CCC(Cc3ccc(C(=O)N[C@H](C)c4ccc(Br)cc4)cc3)CC2)c(C)c1. The Kier molecular flexibility index (Phi) is 8.23. The number of rotatable bonds is 7. The molecule has 3 nitrogen and oxygen atoms in total. The van der Waals surface area contributed by atoms with E-state index in [1.54, 1.807) is 0 Å². The molecule has 34 heavy (non-hydrogen) atoms. The number of carbonyl (C=O) groups is 1. The molecule has 0 saturated carbocycles.